The van der Waals surface area contributed by atoms with Crippen molar-refractivity contribution in [1.29, 1.82) is 0 Å². The molecule has 1 atom stereocenters. The van der Waals surface area contributed by atoms with Gasteiger partial charge in [0, 0.05) is 6.54 Å². The maximum absolute atomic E-state index is 12.5. The average Bonchev–Trinajstić information content (AvgIpc) is 3.15. The van der Waals surface area contributed by atoms with Crippen LogP contribution in [0.15, 0.2) is 41.1 Å². The number of nitrogens with one attached hydrogen (secondary N) is 1. The maximum Gasteiger partial charge on any atom is 0.290 e. The first-order valence-electron chi connectivity index (χ1n) is 7.91. The number of rotatable bonds is 4. The second kappa shape index (κ2) is 7.16. The van der Waals surface area contributed by atoms with Crippen molar-refractivity contribution in [3.8, 4) is 5.75 Å². The molecule has 2 aromatic rings. The smallest absolute Gasteiger partial charge is 0.290 e. The molecule has 3 heterocycles. The van der Waals surface area contributed by atoms with Gasteiger partial charge in [-0.05, 0) is 43.5 Å². The summed E-state index contributed by atoms with van der Waals surface area (Å²) in [6.45, 7) is 0.785. The van der Waals surface area contributed by atoms with Gasteiger partial charge in [0.1, 0.15) is 11.8 Å². The third-order valence-corrected chi connectivity index (χ3v) is 4.05. The van der Waals surface area contributed by atoms with E-state index in [1.54, 1.807) is 23.1 Å². The van der Waals surface area contributed by atoms with E-state index in [0.29, 0.717) is 18.7 Å². The fourth-order valence-electron chi connectivity index (χ4n) is 2.81. The first kappa shape index (κ1) is 16.0. The SMILES string of the molecule is O=C(NCc1ccc(O)cn1)C1CCCCN1C(=O)c1ccco1. The molecule has 1 aliphatic heterocycles. The van der Waals surface area contributed by atoms with Crippen molar-refractivity contribution in [3.05, 3.63) is 48.2 Å². The van der Waals surface area contributed by atoms with Gasteiger partial charge in [-0.15, -0.1) is 0 Å². The van der Waals surface area contributed by atoms with E-state index in [9.17, 15) is 14.7 Å². The molecule has 1 saturated heterocycles. The Morgan fingerprint density at radius 3 is 2.92 bits per heavy atom. The second-order valence-electron chi connectivity index (χ2n) is 5.71. The zero-order valence-electron chi connectivity index (χ0n) is 13.1. The minimum Gasteiger partial charge on any atom is -0.506 e. The first-order valence-corrected chi connectivity index (χ1v) is 7.91. The monoisotopic (exact) mass is 329 g/mol. The summed E-state index contributed by atoms with van der Waals surface area (Å²) in [5, 5.41) is 12.0. The molecule has 1 unspecified atom stereocenters. The molecule has 0 radical (unpaired) electrons. The predicted molar refractivity (Wildman–Crippen MR) is 85.1 cm³/mol. The molecule has 0 spiro atoms. The number of aromatic hydroxyl groups is 1. The highest BCUT2D eigenvalue weighted by Gasteiger charge is 2.33. The molecule has 2 aromatic heterocycles. The van der Waals surface area contributed by atoms with Crippen LogP contribution >= 0.6 is 0 Å². The van der Waals surface area contributed by atoms with E-state index in [1.807, 2.05) is 0 Å². The number of likely N-dealkylation sites (tertiary alicyclic amines) is 1. The summed E-state index contributed by atoms with van der Waals surface area (Å²) in [7, 11) is 0. The number of hydrogen-bond donors (Lipinski definition) is 2. The summed E-state index contributed by atoms with van der Waals surface area (Å²) in [6.07, 6.45) is 5.17. The molecule has 0 aromatic carbocycles. The van der Waals surface area contributed by atoms with E-state index in [-0.39, 0.29) is 29.9 Å². The van der Waals surface area contributed by atoms with E-state index < -0.39 is 6.04 Å². The van der Waals surface area contributed by atoms with E-state index in [2.05, 4.69) is 10.3 Å². The largest absolute Gasteiger partial charge is 0.506 e. The maximum atomic E-state index is 12.5. The van der Waals surface area contributed by atoms with Crippen LogP contribution in [0, 0.1) is 0 Å². The number of aromatic nitrogens is 1. The molecule has 0 saturated carbocycles. The van der Waals surface area contributed by atoms with Gasteiger partial charge in [0.05, 0.1) is 24.7 Å². The van der Waals surface area contributed by atoms with Gasteiger partial charge < -0.3 is 19.7 Å². The topological polar surface area (TPSA) is 95.7 Å². The van der Waals surface area contributed by atoms with Gasteiger partial charge in [-0.3, -0.25) is 14.6 Å². The van der Waals surface area contributed by atoms with Crippen LogP contribution in [0.1, 0.15) is 35.5 Å². The van der Waals surface area contributed by atoms with Crippen molar-refractivity contribution in [2.45, 2.75) is 31.8 Å². The lowest BCUT2D eigenvalue weighted by molar-refractivity contribution is -0.126. The number of nitrogens with zero attached hydrogens (tertiary/aromatic N) is 2. The Hall–Kier alpha value is -2.83. The summed E-state index contributed by atoms with van der Waals surface area (Å²) in [4.78, 5) is 30.6. The minimum atomic E-state index is -0.506. The lowest BCUT2D eigenvalue weighted by Crippen LogP contribution is -2.51. The third-order valence-electron chi connectivity index (χ3n) is 4.05. The number of hydrogen-bond acceptors (Lipinski definition) is 5. The Morgan fingerprint density at radius 2 is 2.21 bits per heavy atom. The lowest BCUT2D eigenvalue weighted by Gasteiger charge is -2.34. The quantitative estimate of drug-likeness (QED) is 0.890. The minimum absolute atomic E-state index is 0.0765. The van der Waals surface area contributed by atoms with E-state index in [4.69, 9.17) is 4.42 Å². The molecular formula is C17H19N3O4. The molecule has 7 heteroatoms. The Labute approximate surface area is 139 Å². The standard InChI is InChI=1S/C17H19N3O4/c21-13-7-6-12(18-11-13)10-19-16(22)14-4-1-2-8-20(14)17(23)15-5-3-9-24-15/h3,5-7,9,11,14,21H,1-2,4,8,10H2,(H,19,22). The summed E-state index contributed by atoms with van der Waals surface area (Å²) < 4.78 is 5.16. The van der Waals surface area contributed by atoms with Crippen LogP contribution in [0.3, 0.4) is 0 Å². The molecule has 7 nitrogen and oxygen atoms in total. The Morgan fingerprint density at radius 1 is 1.33 bits per heavy atom. The lowest BCUT2D eigenvalue weighted by atomic mass is 10.0. The predicted octanol–water partition coefficient (Wildman–Crippen LogP) is 1.69. The normalized spacial score (nSPS) is 17.5. The van der Waals surface area contributed by atoms with Crippen molar-refractivity contribution in [2.24, 2.45) is 0 Å². The average molecular weight is 329 g/mol. The van der Waals surface area contributed by atoms with Gasteiger partial charge in [-0.25, -0.2) is 0 Å². The van der Waals surface area contributed by atoms with Gasteiger partial charge in [0.2, 0.25) is 5.91 Å². The fourth-order valence-corrected chi connectivity index (χ4v) is 2.81. The number of piperidine rings is 1. The van der Waals surface area contributed by atoms with Crippen LogP contribution in [0.5, 0.6) is 5.75 Å². The molecule has 3 rings (SSSR count). The molecule has 126 valence electrons. The van der Waals surface area contributed by atoms with Crippen LogP contribution in [0.2, 0.25) is 0 Å². The molecule has 2 N–H and O–H groups in total. The summed E-state index contributed by atoms with van der Waals surface area (Å²) in [5.74, 6) is -0.144. The highest BCUT2D eigenvalue weighted by molar-refractivity contribution is 5.95. The number of pyridine rings is 1. The van der Waals surface area contributed by atoms with Crippen LogP contribution < -0.4 is 5.32 Å². The Kier molecular flexibility index (Phi) is 4.79. The highest BCUT2D eigenvalue weighted by Crippen LogP contribution is 2.20. The zero-order chi connectivity index (χ0) is 16.9. The highest BCUT2D eigenvalue weighted by atomic mass is 16.3. The third kappa shape index (κ3) is 3.56. The van der Waals surface area contributed by atoms with E-state index >= 15 is 0 Å². The Balaban J connectivity index is 1.65. The van der Waals surface area contributed by atoms with Crippen molar-refractivity contribution in [2.75, 3.05) is 6.54 Å². The van der Waals surface area contributed by atoms with E-state index in [1.165, 1.54) is 18.5 Å². The first-order chi connectivity index (χ1) is 11.6. The van der Waals surface area contributed by atoms with Crippen molar-refractivity contribution in [1.82, 2.24) is 15.2 Å². The number of furan rings is 1. The molecule has 0 bridgehead atoms. The summed E-state index contributed by atoms with van der Waals surface area (Å²) >= 11 is 0. The van der Waals surface area contributed by atoms with Crippen LogP contribution in [0.25, 0.3) is 0 Å². The molecule has 2 amide bonds. The molecule has 1 aliphatic rings. The van der Waals surface area contributed by atoms with Crippen LogP contribution in [-0.4, -0.2) is 39.4 Å². The molecular weight excluding hydrogens is 310 g/mol. The van der Waals surface area contributed by atoms with Crippen LogP contribution in [-0.2, 0) is 11.3 Å². The van der Waals surface area contributed by atoms with Crippen molar-refractivity contribution >= 4 is 11.8 Å². The van der Waals surface area contributed by atoms with Gasteiger partial charge in [-0.1, -0.05) is 0 Å². The van der Waals surface area contributed by atoms with Crippen molar-refractivity contribution in [3.63, 3.8) is 0 Å². The molecule has 0 aliphatic carbocycles. The molecule has 24 heavy (non-hydrogen) atoms. The number of amides is 2. The summed E-state index contributed by atoms with van der Waals surface area (Å²) in [5.41, 5.74) is 0.640. The molecule has 1 fully saturated rings. The second-order valence-corrected chi connectivity index (χ2v) is 5.71. The number of carbonyl (C=O) groups excluding carboxylic acids is 2. The van der Waals surface area contributed by atoms with Gasteiger partial charge in [-0.2, -0.15) is 0 Å². The fraction of sp³-hybridized carbons (Fsp3) is 0.353. The van der Waals surface area contributed by atoms with Gasteiger partial charge in [0.25, 0.3) is 5.91 Å². The van der Waals surface area contributed by atoms with E-state index in [0.717, 1.165) is 12.8 Å². The number of carbonyl (C=O) groups is 2. The van der Waals surface area contributed by atoms with Gasteiger partial charge >= 0.3 is 0 Å². The van der Waals surface area contributed by atoms with Crippen LogP contribution in [0.4, 0.5) is 0 Å². The summed E-state index contributed by atoms with van der Waals surface area (Å²) in [6, 6.07) is 5.91. The van der Waals surface area contributed by atoms with Gasteiger partial charge in [0.15, 0.2) is 5.76 Å². The zero-order valence-corrected chi connectivity index (χ0v) is 13.1. The van der Waals surface area contributed by atoms with Crippen molar-refractivity contribution < 1.29 is 19.1 Å². The Bertz CT molecular complexity index is 697.